The zero-order valence-electron chi connectivity index (χ0n) is 16.2. The SMILES string of the molecule is Cc1cc(C=O)cnc1CCc1cccc(-c2ccc3c(c2)OCCO3)c1C. The first-order chi connectivity index (χ1) is 13.7. The summed E-state index contributed by atoms with van der Waals surface area (Å²) in [6.07, 6.45) is 4.23. The molecule has 0 fully saturated rings. The highest BCUT2D eigenvalue weighted by Crippen LogP contribution is 2.36. The van der Waals surface area contributed by atoms with E-state index in [1.807, 2.05) is 19.1 Å². The van der Waals surface area contributed by atoms with Crippen LogP contribution in [0.15, 0.2) is 48.7 Å². The summed E-state index contributed by atoms with van der Waals surface area (Å²) in [6, 6.07) is 14.4. The minimum absolute atomic E-state index is 0.588. The Morgan fingerprint density at radius 1 is 1.00 bits per heavy atom. The molecule has 1 aliphatic heterocycles. The van der Waals surface area contributed by atoms with Crippen molar-refractivity contribution in [3.8, 4) is 22.6 Å². The van der Waals surface area contributed by atoms with Gasteiger partial charge in [0.25, 0.3) is 0 Å². The van der Waals surface area contributed by atoms with Crippen molar-refractivity contribution in [1.82, 2.24) is 4.98 Å². The molecule has 0 unspecified atom stereocenters. The summed E-state index contributed by atoms with van der Waals surface area (Å²) < 4.78 is 11.4. The van der Waals surface area contributed by atoms with Crippen LogP contribution in [0.25, 0.3) is 11.1 Å². The van der Waals surface area contributed by atoms with Crippen LogP contribution < -0.4 is 9.47 Å². The molecule has 0 N–H and O–H groups in total. The number of pyridine rings is 1. The maximum Gasteiger partial charge on any atom is 0.161 e. The van der Waals surface area contributed by atoms with E-state index < -0.39 is 0 Å². The molecular formula is C24H23NO3. The van der Waals surface area contributed by atoms with Crippen LogP contribution in [0.4, 0.5) is 0 Å². The Morgan fingerprint density at radius 3 is 2.61 bits per heavy atom. The minimum Gasteiger partial charge on any atom is -0.486 e. The molecular weight excluding hydrogens is 350 g/mol. The van der Waals surface area contributed by atoms with Crippen LogP contribution in [-0.2, 0) is 12.8 Å². The number of hydrogen-bond donors (Lipinski definition) is 0. The lowest BCUT2D eigenvalue weighted by Gasteiger charge is -2.19. The molecule has 4 heteroatoms. The molecule has 0 bridgehead atoms. The molecule has 1 aliphatic rings. The number of carbonyl (C=O) groups excluding carboxylic acids is 1. The third kappa shape index (κ3) is 3.63. The van der Waals surface area contributed by atoms with Gasteiger partial charge in [0, 0.05) is 17.5 Å². The monoisotopic (exact) mass is 373 g/mol. The molecule has 0 atom stereocenters. The molecule has 142 valence electrons. The van der Waals surface area contributed by atoms with E-state index in [0.717, 1.165) is 47.4 Å². The molecule has 28 heavy (non-hydrogen) atoms. The summed E-state index contributed by atoms with van der Waals surface area (Å²) >= 11 is 0. The Kier molecular flexibility index (Phi) is 5.11. The van der Waals surface area contributed by atoms with Gasteiger partial charge in [-0.2, -0.15) is 0 Å². The number of ether oxygens (including phenoxy) is 2. The van der Waals surface area contributed by atoms with E-state index in [2.05, 4.69) is 42.2 Å². The van der Waals surface area contributed by atoms with Crippen molar-refractivity contribution in [2.75, 3.05) is 13.2 Å². The second-order valence-electron chi connectivity index (χ2n) is 7.10. The second-order valence-corrected chi connectivity index (χ2v) is 7.10. The predicted octanol–water partition coefficient (Wildman–Crippen LogP) is 4.73. The molecule has 0 amide bonds. The molecule has 0 spiro atoms. The number of aromatic nitrogens is 1. The summed E-state index contributed by atoms with van der Waals surface area (Å²) in [5.74, 6) is 1.62. The molecule has 0 saturated carbocycles. The van der Waals surface area contributed by atoms with Gasteiger partial charge in [-0.3, -0.25) is 9.78 Å². The predicted molar refractivity (Wildman–Crippen MR) is 109 cm³/mol. The van der Waals surface area contributed by atoms with Crippen molar-refractivity contribution in [3.05, 3.63) is 76.6 Å². The van der Waals surface area contributed by atoms with E-state index in [-0.39, 0.29) is 0 Å². The summed E-state index contributed by atoms with van der Waals surface area (Å²) in [4.78, 5) is 15.4. The fourth-order valence-electron chi connectivity index (χ4n) is 3.68. The smallest absolute Gasteiger partial charge is 0.161 e. The number of carbonyl (C=O) groups is 1. The maximum absolute atomic E-state index is 10.9. The van der Waals surface area contributed by atoms with Gasteiger partial charge in [-0.25, -0.2) is 0 Å². The minimum atomic E-state index is 0.588. The van der Waals surface area contributed by atoms with Crippen molar-refractivity contribution >= 4 is 6.29 Å². The standard InChI is InChI=1S/C24H23NO3/c1-16-12-18(15-26)14-25-22(16)8-6-19-4-3-5-21(17(19)2)20-7-9-23-24(13-20)28-11-10-27-23/h3-5,7,9,12-15H,6,8,10-11H2,1-2H3. The molecule has 0 aliphatic carbocycles. The van der Waals surface area contributed by atoms with Crippen molar-refractivity contribution in [1.29, 1.82) is 0 Å². The van der Waals surface area contributed by atoms with Crippen molar-refractivity contribution in [2.45, 2.75) is 26.7 Å². The highest BCUT2D eigenvalue weighted by molar-refractivity contribution is 5.74. The van der Waals surface area contributed by atoms with Crippen molar-refractivity contribution in [2.24, 2.45) is 0 Å². The quantitative estimate of drug-likeness (QED) is 0.607. The number of aldehydes is 1. The molecule has 0 radical (unpaired) electrons. The van der Waals surface area contributed by atoms with Gasteiger partial charge in [0.2, 0.25) is 0 Å². The van der Waals surface area contributed by atoms with Gasteiger partial charge >= 0.3 is 0 Å². The number of rotatable bonds is 5. The highest BCUT2D eigenvalue weighted by Gasteiger charge is 2.14. The average Bonchev–Trinajstić information content (AvgIpc) is 2.73. The number of aryl methyl sites for hydroxylation is 3. The van der Waals surface area contributed by atoms with Gasteiger partial charge in [-0.05, 0) is 72.7 Å². The van der Waals surface area contributed by atoms with Crippen LogP contribution >= 0.6 is 0 Å². The number of nitrogens with zero attached hydrogens (tertiary/aromatic N) is 1. The Bertz CT molecular complexity index is 1030. The fourth-order valence-corrected chi connectivity index (χ4v) is 3.68. The van der Waals surface area contributed by atoms with E-state index in [1.165, 1.54) is 16.7 Å². The Labute approximate surface area is 165 Å². The normalized spacial score (nSPS) is 12.6. The van der Waals surface area contributed by atoms with E-state index in [4.69, 9.17) is 9.47 Å². The molecule has 0 saturated heterocycles. The third-order valence-corrected chi connectivity index (χ3v) is 5.27. The number of fused-ring (bicyclic) bond motifs is 1. The topological polar surface area (TPSA) is 48.4 Å². The van der Waals surface area contributed by atoms with Gasteiger partial charge in [0.1, 0.15) is 13.2 Å². The number of hydrogen-bond acceptors (Lipinski definition) is 4. The van der Waals surface area contributed by atoms with Crippen LogP contribution in [0.3, 0.4) is 0 Å². The fraction of sp³-hybridized carbons (Fsp3) is 0.250. The van der Waals surface area contributed by atoms with Crippen LogP contribution in [0.2, 0.25) is 0 Å². The van der Waals surface area contributed by atoms with Gasteiger partial charge in [0.15, 0.2) is 17.8 Å². The zero-order chi connectivity index (χ0) is 19.5. The first-order valence-corrected chi connectivity index (χ1v) is 9.55. The van der Waals surface area contributed by atoms with Crippen LogP contribution in [-0.4, -0.2) is 24.5 Å². The first kappa shape index (κ1) is 18.2. The van der Waals surface area contributed by atoms with E-state index >= 15 is 0 Å². The molecule has 4 nitrogen and oxygen atoms in total. The van der Waals surface area contributed by atoms with Gasteiger partial charge in [-0.1, -0.05) is 24.3 Å². The zero-order valence-corrected chi connectivity index (χ0v) is 16.2. The lowest BCUT2D eigenvalue weighted by molar-refractivity contribution is 0.112. The molecule has 2 heterocycles. The van der Waals surface area contributed by atoms with E-state index in [9.17, 15) is 4.79 Å². The number of benzene rings is 2. The molecule has 4 rings (SSSR count). The summed E-state index contributed by atoms with van der Waals surface area (Å²) in [5.41, 5.74) is 7.62. The van der Waals surface area contributed by atoms with Crippen molar-refractivity contribution in [3.63, 3.8) is 0 Å². The Hall–Kier alpha value is -3.14. The Morgan fingerprint density at radius 2 is 1.82 bits per heavy atom. The second kappa shape index (κ2) is 7.85. The summed E-state index contributed by atoms with van der Waals surface area (Å²) in [7, 11) is 0. The van der Waals surface area contributed by atoms with Gasteiger partial charge in [-0.15, -0.1) is 0 Å². The Balaban J connectivity index is 1.58. The van der Waals surface area contributed by atoms with Crippen LogP contribution in [0, 0.1) is 13.8 Å². The van der Waals surface area contributed by atoms with Crippen LogP contribution in [0.5, 0.6) is 11.5 Å². The maximum atomic E-state index is 10.9. The van der Waals surface area contributed by atoms with Gasteiger partial charge < -0.3 is 9.47 Å². The van der Waals surface area contributed by atoms with Gasteiger partial charge in [0.05, 0.1) is 0 Å². The largest absolute Gasteiger partial charge is 0.486 e. The first-order valence-electron chi connectivity index (χ1n) is 9.55. The highest BCUT2D eigenvalue weighted by atomic mass is 16.6. The summed E-state index contributed by atoms with van der Waals surface area (Å²) in [6.45, 7) is 5.36. The molecule has 2 aromatic carbocycles. The molecule has 1 aromatic heterocycles. The van der Waals surface area contributed by atoms with Crippen LogP contribution in [0.1, 0.15) is 32.7 Å². The van der Waals surface area contributed by atoms with Crippen molar-refractivity contribution < 1.29 is 14.3 Å². The van der Waals surface area contributed by atoms with E-state index in [1.54, 1.807) is 6.20 Å². The van der Waals surface area contributed by atoms with E-state index in [0.29, 0.717) is 18.8 Å². The summed E-state index contributed by atoms with van der Waals surface area (Å²) in [5, 5.41) is 0. The lowest BCUT2D eigenvalue weighted by Crippen LogP contribution is -2.15. The third-order valence-electron chi connectivity index (χ3n) is 5.27. The lowest BCUT2D eigenvalue weighted by atomic mass is 9.93. The average molecular weight is 373 g/mol. The molecule has 3 aromatic rings.